The molecule has 1 atom stereocenters. The van der Waals surface area contributed by atoms with Gasteiger partial charge in [0.15, 0.2) is 9.84 Å². The Labute approximate surface area is 120 Å². The molecule has 2 aliphatic rings. The Kier molecular flexibility index (Phi) is 5.76. The first-order valence-electron chi connectivity index (χ1n) is 7.06. The van der Waals surface area contributed by atoms with Gasteiger partial charge < -0.3 is 15.4 Å². The van der Waals surface area contributed by atoms with Crippen molar-refractivity contribution >= 4 is 15.7 Å². The summed E-state index contributed by atoms with van der Waals surface area (Å²) >= 11 is 0. The minimum Gasteiger partial charge on any atom is -0.379 e. The Morgan fingerprint density at radius 3 is 2.70 bits per heavy atom. The van der Waals surface area contributed by atoms with E-state index in [0.29, 0.717) is 13.0 Å². The summed E-state index contributed by atoms with van der Waals surface area (Å²) in [5.74, 6) is 0.291. The number of carbonyl (C=O) groups is 1. The smallest absolute Gasteiger partial charge is 0.234 e. The molecular weight excluding hydrogens is 282 g/mol. The summed E-state index contributed by atoms with van der Waals surface area (Å²) in [5, 5.41) is 5.84. The number of ether oxygens (including phenoxy) is 1. The zero-order valence-electron chi connectivity index (χ0n) is 11.6. The Bertz CT molecular complexity index is 420. The van der Waals surface area contributed by atoms with E-state index < -0.39 is 9.84 Å². The van der Waals surface area contributed by atoms with E-state index in [1.165, 1.54) is 0 Å². The van der Waals surface area contributed by atoms with E-state index in [2.05, 4.69) is 15.5 Å². The molecule has 0 bridgehead atoms. The maximum atomic E-state index is 11.6. The Balaban J connectivity index is 1.54. The molecule has 20 heavy (non-hydrogen) atoms. The quantitative estimate of drug-likeness (QED) is 0.603. The van der Waals surface area contributed by atoms with Crippen LogP contribution < -0.4 is 10.6 Å². The molecule has 2 N–H and O–H groups in total. The van der Waals surface area contributed by atoms with Crippen LogP contribution in [-0.4, -0.2) is 82.7 Å². The summed E-state index contributed by atoms with van der Waals surface area (Å²) in [6.45, 7) is 4.96. The molecule has 8 heteroatoms. The van der Waals surface area contributed by atoms with Gasteiger partial charge in [0.1, 0.15) is 0 Å². The molecule has 7 nitrogen and oxygen atoms in total. The van der Waals surface area contributed by atoms with Gasteiger partial charge in [-0.25, -0.2) is 8.42 Å². The molecule has 0 radical (unpaired) electrons. The van der Waals surface area contributed by atoms with Crippen molar-refractivity contribution in [1.29, 1.82) is 0 Å². The first kappa shape index (κ1) is 15.7. The van der Waals surface area contributed by atoms with E-state index in [1.54, 1.807) is 0 Å². The summed E-state index contributed by atoms with van der Waals surface area (Å²) in [7, 11) is -2.89. The fraction of sp³-hybridized carbons (Fsp3) is 0.917. The zero-order chi connectivity index (χ0) is 14.4. The van der Waals surface area contributed by atoms with Crippen molar-refractivity contribution in [2.75, 3.05) is 57.4 Å². The highest BCUT2D eigenvalue weighted by Crippen LogP contribution is 2.10. The molecule has 0 saturated carbocycles. The number of morpholine rings is 1. The molecule has 116 valence electrons. The van der Waals surface area contributed by atoms with Gasteiger partial charge in [-0.1, -0.05) is 0 Å². The van der Waals surface area contributed by atoms with Crippen LogP contribution in [0, 0.1) is 0 Å². The van der Waals surface area contributed by atoms with Crippen LogP contribution >= 0.6 is 0 Å². The molecule has 0 aromatic rings. The topological polar surface area (TPSA) is 87.7 Å². The van der Waals surface area contributed by atoms with Gasteiger partial charge >= 0.3 is 0 Å². The molecule has 0 aromatic heterocycles. The van der Waals surface area contributed by atoms with Crippen LogP contribution in [0.25, 0.3) is 0 Å². The first-order chi connectivity index (χ1) is 9.55. The molecule has 0 spiro atoms. The molecule has 1 amide bonds. The SMILES string of the molecule is O=C(CNC1CCS(=O)(=O)C1)NCCN1CCOCC1. The third kappa shape index (κ3) is 5.35. The van der Waals surface area contributed by atoms with Crippen LogP contribution in [-0.2, 0) is 19.4 Å². The second-order valence-corrected chi connectivity index (χ2v) is 7.51. The monoisotopic (exact) mass is 305 g/mol. The van der Waals surface area contributed by atoms with Crippen LogP contribution in [0.15, 0.2) is 0 Å². The number of amides is 1. The number of sulfone groups is 1. The van der Waals surface area contributed by atoms with Crippen molar-refractivity contribution in [2.45, 2.75) is 12.5 Å². The third-order valence-corrected chi connectivity index (χ3v) is 5.41. The number of hydrogen-bond acceptors (Lipinski definition) is 6. The second kappa shape index (κ2) is 7.35. The highest BCUT2D eigenvalue weighted by Gasteiger charge is 2.27. The van der Waals surface area contributed by atoms with Crippen LogP contribution in [0.5, 0.6) is 0 Å². The fourth-order valence-corrected chi connectivity index (χ4v) is 4.14. The van der Waals surface area contributed by atoms with Gasteiger partial charge in [0.05, 0.1) is 31.3 Å². The molecular formula is C12H23N3O4S. The fourth-order valence-electron chi connectivity index (χ4n) is 2.43. The van der Waals surface area contributed by atoms with Crippen molar-refractivity contribution in [2.24, 2.45) is 0 Å². The van der Waals surface area contributed by atoms with E-state index in [4.69, 9.17) is 4.74 Å². The minimum absolute atomic E-state index is 0.0787. The highest BCUT2D eigenvalue weighted by molar-refractivity contribution is 7.91. The Morgan fingerprint density at radius 2 is 2.05 bits per heavy atom. The molecule has 2 saturated heterocycles. The minimum atomic E-state index is -2.89. The molecule has 2 aliphatic heterocycles. The number of carbonyl (C=O) groups excluding carboxylic acids is 1. The van der Waals surface area contributed by atoms with E-state index in [9.17, 15) is 13.2 Å². The predicted molar refractivity (Wildman–Crippen MR) is 75.3 cm³/mol. The van der Waals surface area contributed by atoms with Gasteiger partial charge in [-0.05, 0) is 6.42 Å². The van der Waals surface area contributed by atoms with Crippen LogP contribution in [0.2, 0.25) is 0 Å². The lowest BCUT2D eigenvalue weighted by molar-refractivity contribution is -0.120. The zero-order valence-corrected chi connectivity index (χ0v) is 12.5. The predicted octanol–water partition coefficient (Wildman–Crippen LogP) is -1.79. The Hall–Kier alpha value is -0.700. The third-order valence-electron chi connectivity index (χ3n) is 3.64. The van der Waals surface area contributed by atoms with Crippen molar-refractivity contribution in [3.63, 3.8) is 0 Å². The van der Waals surface area contributed by atoms with Gasteiger partial charge in [-0.15, -0.1) is 0 Å². The summed E-state index contributed by atoms with van der Waals surface area (Å²) < 4.78 is 27.8. The van der Waals surface area contributed by atoms with Gasteiger partial charge in [0.2, 0.25) is 5.91 Å². The molecule has 0 aliphatic carbocycles. The van der Waals surface area contributed by atoms with Gasteiger partial charge in [0, 0.05) is 32.2 Å². The average molecular weight is 305 g/mol. The summed E-state index contributed by atoms with van der Waals surface area (Å²) in [6, 6.07) is -0.0787. The molecule has 1 unspecified atom stereocenters. The van der Waals surface area contributed by atoms with Crippen molar-refractivity contribution in [3.8, 4) is 0 Å². The van der Waals surface area contributed by atoms with Gasteiger partial charge in [-0.3, -0.25) is 9.69 Å². The standard InChI is InChI=1S/C12H23N3O4S/c16-12(9-14-11-1-8-20(17,18)10-11)13-2-3-15-4-6-19-7-5-15/h11,14H,1-10H2,(H,13,16). The van der Waals surface area contributed by atoms with Crippen molar-refractivity contribution in [3.05, 3.63) is 0 Å². The van der Waals surface area contributed by atoms with Gasteiger partial charge in [-0.2, -0.15) is 0 Å². The van der Waals surface area contributed by atoms with Gasteiger partial charge in [0.25, 0.3) is 0 Å². The lowest BCUT2D eigenvalue weighted by atomic mass is 10.2. The first-order valence-corrected chi connectivity index (χ1v) is 8.88. The highest BCUT2D eigenvalue weighted by atomic mass is 32.2. The maximum Gasteiger partial charge on any atom is 0.234 e. The Morgan fingerprint density at radius 1 is 1.30 bits per heavy atom. The van der Waals surface area contributed by atoms with Crippen molar-refractivity contribution < 1.29 is 17.9 Å². The van der Waals surface area contributed by atoms with E-state index in [1.807, 2.05) is 0 Å². The van der Waals surface area contributed by atoms with Crippen LogP contribution in [0.4, 0.5) is 0 Å². The number of nitrogens with zero attached hydrogens (tertiary/aromatic N) is 1. The van der Waals surface area contributed by atoms with Crippen LogP contribution in [0.3, 0.4) is 0 Å². The van der Waals surface area contributed by atoms with Crippen molar-refractivity contribution in [1.82, 2.24) is 15.5 Å². The maximum absolute atomic E-state index is 11.6. The molecule has 0 aromatic carbocycles. The van der Waals surface area contributed by atoms with Crippen LogP contribution in [0.1, 0.15) is 6.42 Å². The normalized spacial score (nSPS) is 26.5. The molecule has 2 fully saturated rings. The number of nitrogens with one attached hydrogen (secondary N) is 2. The molecule has 2 heterocycles. The molecule has 2 rings (SSSR count). The average Bonchev–Trinajstić information content (AvgIpc) is 2.77. The lowest BCUT2D eigenvalue weighted by Gasteiger charge is -2.26. The summed E-state index contributed by atoms with van der Waals surface area (Å²) in [5.41, 5.74) is 0. The number of hydrogen-bond donors (Lipinski definition) is 2. The summed E-state index contributed by atoms with van der Waals surface area (Å²) in [4.78, 5) is 13.9. The second-order valence-electron chi connectivity index (χ2n) is 5.28. The largest absolute Gasteiger partial charge is 0.379 e. The lowest BCUT2D eigenvalue weighted by Crippen LogP contribution is -2.44. The van der Waals surface area contributed by atoms with E-state index in [0.717, 1.165) is 32.8 Å². The van der Waals surface area contributed by atoms with E-state index in [-0.39, 0.29) is 30.0 Å². The van der Waals surface area contributed by atoms with E-state index >= 15 is 0 Å². The summed E-state index contributed by atoms with van der Waals surface area (Å²) in [6.07, 6.45) is 0.601. The number of rotatable bonds is 6.